The number of hydrogen-bond acceptors (Lipinski definition) is 7. The van der Waals surface area contributed by atoms with Crippen molar-refractivity contribution < 1.29 is 18.3 Å². The molecule has 0 heterocycles. The molecule has 212 valence electrons. The molecule has 1 fully saturated rings. The van der Waals surface area contributed by atoms with Crippen molar-refractivity contribution in [2.24, 2.45) is 0 Å². The van der Waals surface area contributed by atoms with E-state index in [1.54, 1.807) is 44.2 Å². The van der Waals surface area contributed by atoms with Gasteiger partial charge in [0.25, 0.3) is 10.9 Å². The van der Waals surface area contributed by atoms with Gasteiger partial charge in [0.2, 0.25) is 10.0 Å². The molecule has 1 aliphatic rings. The molecule has 1 unspecified atom stereocenters. The van der Waals surface area contributed by atoms with Gasteiger partial charge < -0.3 is 15.7 Å². The van der Waals surface area contributed by atoms with Gasteiger partial charge in [-0.3, -0.25) is 14.4 Å². The second kappa shape index (κ2) is 10.9. The van der Waals surface area contributed by atoms with Crippen LogP contribution in [0.1, 0.15) is 35.1 Å². The van der Waals surface area contributed by atoms with Crippen LogP contribution in [0.15, 0.2) is 75.1 Å². The maximum atomic E-state index is 13.2. The molecule has 0 aromatic heterocycles. The van der Waals surface area contributed by atoms with Gasteiger partial charge in [-0.1, -0.05) is 54.1 Å². The predicted octanol–water partition coefficient (Wildman–Crippen LogP) is 4.17. The van der Waals surface area contributed by atoms with E-state index >= 15 is 0 Å². The van der Waals surface area contributed by atoms with Crippen molar-refractivity contribution in [2.45, 2.75) is 57.0 Å². The first-order valence-electron chi connectivity index (χ1n) is 13.3. The lowest BCUT2D eigenvalue weighted by molar-refractivity contribution is -0.138. The number of benzene rings is 3. The smallest absolute Gasteiger partial charge is 0.322 e. The van der Waals surface area contributed by atoms with Gasteiger partial charge in [-0.05, 0) is 80.0 Å². The van der Waals surface area contributed by atoms with Crippen LogP contribution in [0.3, 0.4) is 0 Å². The summed E-state index contributed by atoms with van der Waals surface area (Å²) < 4.78 is 28.7. The Morgan fingerprint density at radius 3 is 2.15 bits per heavy atom. The molecule has 41 heavy (non-hydrogen) atoms. The number of carboxylic acid groups (broad SMARTS) is 1. The zero-order chi connectivity index (χ0) is 29.5. The largest absolute Gasteiger partial charge is 0.480 e. The topological polar surface area (TPSA) is 142 Å². The fourth-order valence-electron chi connectivity index (χ4n) is 5.09. The van der Waals surface area contributed by atoms with Crippen LogP contribution < -0.4 is 26.2 Å². The number of rotatable bonds is 11. The lowest BCUT2D eigenvalue weighted by Gasteiger charge is -2.18. The van der Waals surface area contributed by atoms with Gasteiger partial charge in [0.15, 0.2) is 0 Å². The van der Waals surface area contributed by atoms with Crippen LogP contribution >= 0.6 is 0 Å². The van der Waals surface area contributed by atoms with Crippen LogP contribution in [0.5, 0.6) is 0 Å². The van der Waals surface area contributed by atoms with Crippen LogP contribution in [0.2, 0.25) is 0 Å². The molecule has 0 saturated heterocycles. The monoisotopic (exact) mass is 573 g/mol. The summed E-state index contributed by atoms with van der Waals surface area (Å²) >= 11 is 0. The third kappa shape index (κ3) is 6.08. The SMILES string of the molecule is Cc1cc(C)c(S(=O)(=O)NC(Cc2ccc(-c3cccc(Nc4c(NC5CC5)c(=O)c4=O)c3)cc2)C(=O)O)c(C)c1. The molecule has 9 nitrogen and oxygen atoms in total. The number of nitrogens with one attached hydrogen (secondary N) is 3. The minimum absolute atomic E-state index is 0.0402. The van der Waals surface area contributed by atoms with Crippen molar-refractivity contribution in [2.75, 3.05) is 10.6 Å². The molecule has 0 spiro atoms. The van der Waals surface area contributed by atoms with E-state index in [4.69, 9.17) is 0 Å². The van der Waals surface area contributed by atoms with E-state index < -0.39 is 32.9 Å². The molecule has 0 aliphatic heterocycles. The molecule has 4 aromatic carbocycles. The summed E-state index contributed by atoms with van der Waals surface area (Å²) in [5, 5.41) is 16.0. The second-order valence-corrected chi connectivity index (χ2v) is 12.3. The number of aliphatic carboxylic acids is 1. The van der Waals surface area contributed by atoms with Gasteiger partial charge in [-0.25, -0.2) is 8.42 Å². The Morgan fingerprint density at radius 2 is 1.54 bits per heavy atom. The lowest BCUT2D eigenvalue weighted by Crippen LogP contribution is -2.42. The molecule has 1 saturated carbocycles. The lowest BCUT2D eigenvalue weighted by atomic mass is 10.0. The fourth-order valence-corrected chi connectivity index (χ4v) is 6.73. The van der Waals surface area contributed by atoms with Gasteiger partial charge >= 0.3 is 5.97 Å². The number of hydrogen-bond donors (Lipinski definition) is 4. The average Bonchev–Trinajstić information content (AvgIpc) is 3.74. The predicted molar refractivity (Wildman–Crippen MR) is 159 cm³/mol. The maximum Gasteiger partial charge on any atom is 0.322 e. The number of carbonyl (C=O) groups is 1. The summed E-state index contributed by atoms with van der Waals surface area (Å²) in [4.78, 5) is 36.2. The van der Waals surface area contributed by atoms with Gasteiger partial charge in [-0.15, -0.1) is 0 Å². The molecule has 5 rings (SSSR count). The minimum Gasteiger partial charge on any atom is -0.480 e. The Labute approximate surface area is 238 Å². The summed E-state index contributed by atoms with van der Waals surface area (Å²) in [6, 6.07) is 17.0. The summed E-state index contributed by atoms with van der Waals surface area (Å²) in [7, 11) is -4.07. The van der Waals surface area contributed by atoms with Crippen LogP contribution in [-0.2, 0) is 21.2 Å². The molecule has 0 amide bonds. The van der Waals surface area contributed by atoms with Crippen LogP contribution in [-0.4, -0.2) is 31.6 Å². The molecule has 4 N–H and O–H groups in total. The first-order chi connectivity index (χ1) is 19.4. The molecule has 4 aromatic rings. The van der Waals surface area contributed by atoms with E-state index in [0.29, 0.717) is 28.1 Å². The standard InChI is InChI=1S/C31H31N3O6S/c1-17-13-18(2)30(19(3)14-17)41(39,40)34-25(31(37)38)15-20-7-9-21(10-8-20)22-5-4-6-24(16-22)33-27-26(28(35)29(27)36)32-23-11-12-23/h4-10,13-14,16,23,25,32-34H,11-12,15H2,1-3H3,(H,37,38). The molecular weight excluding hydrogens is 542 g/mol. The molecule has 0 radical (unpaired) electrons. The zero-order valence-electron chi connectivity index (χ0n) is 22.9. The molecular formula is C31H31N3O6S. The number of aryl methyl sites for hydroxylation is 3. The Bertz CT molecular complexity index is 1790. The van der Waals surface area contributed by atoms with Crippen molar-refractivity contribution in [3.8, 4) is 11.1 Å². The molecule has 1 aliphatic carbocycles. The fraction of sp³-hybridized carbons (Fsp3) is 0.258. The van der Waals surface area contributed by atoms with E-state index in [2.05, 4.69) is 15.4 Å². The summed E-state index contributed by atoms with van der Waals surface area (Å²) in [5.41, 5.74) is 4.59. The van der Waals surface area contributed by atoms with Gasteiger partial charge in [0.1, 0.15) is 17.4 Å². The van der Waals surface area contributed by atoms with Gasteiger partial charge in [0, 0.05) is 11.7 Å². The minimum atomic E-state index is -4.07. The first kappa shape index (κ1) is 28.3. The van der Waals surface area contributed by atoms with Crippen LogP contribution in [0, 0.1) is 20.8 Å². The van der Waals surface area contributed by atoms with Crippen molar-refractivity contribution in [1.29, 1.82) is 0 Å². The summed E-state index contributed by atoms with van der Waals surface area (Å²) in [5.74, 6) is -1.27. The highest BCUT2D eigenvalue weighted by Gasteiger charge is 2.29. The van der Waals surface area contributed by atoms with Crippen molar-refractivity contribution in [1.82, 2.24) is 4.72 Å². The molecule has 1 atom stereocenters. The molecule has 10 heteroatoms. The van der Waals surface area contributed by atoms with Gasteiger partial charge in [0.05, 0.1) is 4.90 Å². The van der Waals surface area contributed by atoms with Crippen molar-refractivity contribution in [3.05, 3.63) is 103 Å². The van der Waals surface area contributed by atoms with E-state index in [-0.39, 0.29) is 23.0 Å². The highest BCUT2D eigenvalue weighted by molar-refractivity contribution is 7.89. The number of sulfonamides is 1. The second-order valence-electron chi connectivity index (χ2n) is 10.7. The highest BCUT2D eigenvalue weighted by atomic mass is 32.2. The van der Waals surface area contributed by atoms with E-state index in [1.807, 2.05) is 37.3 Å². The Balaban J connectivity index is 1.30. The number of anilines is 3. The summed E-state index contributed by atoms with van der Waals surface area (Å²) in [6.45, 7) is 5.26. The normalized spacial score (nSPS) is 14.1. The molecule has 0 bridgehead atoms. The Morgan fingerprint density at radius 1 is 0.902 bits per heavy atom. The third-order valence-corrected chi connectivity index (χ3v) is 8.94. The average molecular weight is 574 g/mol. The van der Waals surface area contributed by atoms with Crippen LogP contribution in [0.4, 0.5) is 17.1 Å². The van der Waals surface area contributed by atoms with E-state index in [1.165, 1.54) is 0 Å². The Kier molecular flexibility index (Phi) is 7.54. The summed E-state index contributed by atoms with van der Waals surface area (Å²) in [6.07, 6.45) is 1.92. The maximum absolute atomic E-state index is 13.2. The quantitative estimate of drug-likeness (QED) is 0.196. The highest BCUT2D eigenvalue weighted by Crippen LogP contribution is 2.30. The van der Waals surface area contributed by atoms with Gasteiger partial charge in [-0.2, -0.15) is 4.72 Å². The van der Waals surface area contributed by atoms with Crippen LogP contribution in [0.25, 0.3) is 11.1 Å². The van der Waals surface area contributed by atoms with Crippen molar-refractivity contribution >= 4 is 33.1 Å². The zero-order valence-corrected chi connectivity index (χ0v) is 23.8. The van der Waals surface area contributed by atoms with Crippen molar-refractivity contribution in [3.63, 3.8) is 0 Å². The van der Waals surface area contributed by atoms with E-state index in [0.717, 1.165) is 29.5 Å². The first-order valence-corrected chi connectivity index (χ1v) is 14.8. The Hall–Kier alpha value is -4.28. The number of carboxylic acids is 1. The third-order valence-electron chi connectivity index (χ3n) is 7.16. The van der Waals surface area contributed by atoms with E-state index in [9.17, 15) is 27.9 Å².